The predicted molar refractivity (Wildman–Crippen MR) is 106 cm³/mol. The molecule has 0 aliphatic heterocycles. The Bertz CT molecular complexity index is 461. The summed E-state index contributed by atoms with van der Waals surface area (Å²) in [6, 6.07) is 0. The van der Waals surface area contributed by atoms with Crippen LogP contribution < -0.4 is 5.32 Å². The summed E-state index contributed by atoms with van der Waals surface area (Å²) in [5.74, 6) is 2.70. The fourth-order valence-electron chi connectivity index (χ4n) is 4.92. The van der Waals surface area contributed by atoms with Gasteiger partial charge in [-0.1, -0.05) is 54.4 Å². The highest BCUT2D eigenvalue weighted by molar-refractivity contribution is 5.87. The molecule has 0 bridgehead atoms. The highest BCUT2D eigenvalue weighted by atomic mass is 16.6. The van der Waals surface area contributed by atoms with Crippen molar-refractivity contribution in [2.24, 2.45) is 35.5 Å². The summed E-state index contributed by atoms with van der Waals surface area (Å²) in [5.41, 5.74) is 0. The van der Waals surface area contributed by atoms with Crippen LogP contribution in [0.5, 0.6) is 0 Å². The van der Waals surface area contributed by atoms with E-state index in [1.807, 2.05) is 0 Å². The third kappa shape index (κ3) is 6.39. The Balaban J connectivity index is 1.87. The van der Waals surface area contributed by atoms with Gasteiger partial charge in [0.1, 0.15) is 12.2 Å². The van der Waals surface area contributed by atoms with Gasteiger partial charge in [-0.15, -0.1) is 0 Å². The highest BCUT2D eigenvalue weighted by Gasteiger charge is 2.35. The number of rotatable bonds is 4. The normalized spacial score (nSPS) is 34.4. The maximum atomic E-state index is 12.3. The molecule has 5 heteroatoms. The molecule has 0 heterocycles. The zero-order valence-electron chi connectivity index (χ0n) is 18.0. The summed E-state index contributed by atoms with van der Waals surface area (Å²) >= 11 is 0. The van der Waals surface area contributed by atoms with Crippen LogP contribution in [0, 0.1) is 35.5 Å². The van der Waals surface area contributed by atoms with Crippen molar-refractivity contribution >= 4 is 12.2 Å². The van der Waals surface area contributed by atoms with Crippen LogP contribution in [0.2, 0.25) is 0 Å². The molecule has 1 N–H and O–H groups in total. The van der Waals surface area contributed by atoms with Crippen LogP contribution in [0.1, 0.15) is 80.1 Å². The van der Waals surface area contributed by atoms with E-state index in [1.165, 1.54) is 12.8 Å². The van der Waals surface area contributed by atoms with E-state index >= 15 is 0 Å². The van der Waals surface area contributed by atoms with Crippen molar-refractivity contribution in [3.05, 3.63) is 0 Å². The quantitative estimate of drug-likeness (QED) is 0.671. The van der Waals surface area contributed by atoms with Gasteiger partial charge >= 0.3 is 12.2 Å². The number of nitrogens with one attached hydrogen (secondary N) is 1. The van der Waals surface area contributed by atoms with Crippen molar-refractivity contribution in [1.82, 2.24) is 5.32 Å². The van der Waals surface area contributed by atoms with Gasteiger partial charge in [-0.25, -0.2) is 14.9 Å². The number of amides is 2. The van der Waals surface area contributed by atoms with E-state index in [9.17, 15) is 9.59 Å². The Labute approximate surface area is 164 Å². The Morgan fingerprint density at radius 2 is 1.11 bits per heavy atom. The van der Waals surface area contributed by atoms with E-state index in [0.29, 0.717) is 35.5 Å². The number of carbonyl (C=O) groups is 2. The molecule has 2 rings (SSSR count). The van der Waals surface area contributed by atoms with Gasteiger partial charge in [-0.3, -0.25) is 0 Å². The summed E-state index contributed by atoms with van der Waals surface area (Å²) < 4.78 is 11.3. The first kappa shape index (κ1) is 22.0. The molecule has 0 saturated heterocycles. The zero-order valence-corrected chi connectivity index (χ0v) is 18.0. The fraction of sp³-hybridized carbons (Fsp3) is 0.909. The molecule has 0 aromatic rings. The second-order valence-corrected chi connectivity index (χ2v) is 9.66. The highest BCUT2D eigenvalue weighted by Crippen LogP contribution is 2.36. The lowest BCUT2D eigenvalue weighted by Crippen LogP contribution is -2.43. The molecule has 2 aliphatic rings. The molecular weight excluding hydrogens is 342 g/mol. The summed E-state index contributed by atoms with van der Waals surface area (Å²) in [6.45, 7) is 13.0. The van der Waals surface area contributed by atoms with Gasteiger partial charge in [0.2, 0.25) is 0 Å². The number of hydrogen-bond donors (Lipinski definition) is 1. The van der Waals surface area contributed by atoms with Gasteiger partial charge in [0.25, 0.3) is 0 Å². The van der Waals surface area contributed by atoms with Crippen molar-refractivity contribution < 1.29 is 19.1 Å². The van der Waals surface area contributed by atoms with Gasteiger partial charge in [-0.2, -0.15) is 0 Å². The van der Waals surface area contributed by atoms with Crippen molar-refractivity contribution in [1.29, 1.82) is 0 Å². The van der Waals surface area contributed by atoms with Crippen LogP contribution in [0.4, 0.5) is 9.59 Å². The second-order valence-electron chi connectivity index (χ2n) is 9.66. The molecule has 6 atom stereocenters. The van der Waals surface area contributed by atoms with Crippen LogP contribution in [0.15, 0.2) is 0 Å². The smallest absolute Gasteiger partial charge is 0.416 e. The SMILES string of the molecule is CC(C)[C@@H]1CC[C@@H](C)C[C@H]1OC(=O)NC(=O)O[C@@H]1C[C@H](C)CC[C@H]1C(C)C. The van der Waals surface area contributed by atoms with E-state index in [2.05, 4.69) is 46.9 Å². The van der Waals surface area contributed by atoms with E-state index < -0.39 is 12.2 Å². The van der Waals surface area contributed by atoms with Crippen LogP contribution in [0.25, 0.3) is 0 Å². The average molecular weight is 382 g/mol. The molecule has 0 aromatic carbocycles. The number of carbonyl (C=O) groups excluding carboxylic acids is 2. The molecule has 2 fully saturated rings. The van der Waals surface area contributed by atoms with E-state index in [-0.39, 0.29) is 12.2 Å². The standard InChI is InChI=1S/C22H39NO4/c1-13(2)17-9-7-15(5)11-19(17)26-21(24)23-22(25)27-20-12-16(6)8-10-18(20)14(3)4/h13-20H,7-12H2,1-6H3,(H,23,24,25)/t15-,16-,17+,18+,19-,20-/m1/s1. The lowest BCUT2D eigenvalue weighted by molar-refractivity contribution is -0.00526. The van der Waals surface area contributed by atoms with Gasteiger partial charge in [0, 0.05) is 0 Å². The van der Waals surface area contributed by atoms with E-state index in [0.717, 1.165) is 25.7 Å². The first-order valence-electron chi connectivity index (χ1n) is 10.9. The van der Waals surface area contributed by atoms with Crippen LogP contribution >= 0.6 is 0 Å². The number of hydrogen-bond acceptors (Lipinski definition) is 4. The maximum Gasteiger partial charge on any atom is 0.416 e. The predicted octanol–water partition coefficient (Wildman–Crippen LogP) is 5.77. The Hall–Kier alpha value is -1.26. The average Bonchev–Trinajstić information content (AvgIpc) is 2.53. The molecule has 0 spiro atoms. The van der Waals surface area contributed by atoms with Gasteiger partial charge in [-0.05, 0) is 61.2 Å². The van der Waals surface area contributed by atoms with Crippen molar-refractivity contribution in [2.45, 2.75) is 92.3 Å². The van der Waals surface area contributed by atoms with Gasteiger partial charge in [0.05, 0.1) is 0 Å². The summed E-state index contributed by atoms with van der Waals surface area (Å²) in [6.07, 6.45) is 4.60. The monoisotopic (exact) mass is 381 g/mol. The first-order valence-corrected chi connectivity index (χ1v) is 10.9. The van der Waals surface area contributed by atoms with Crippen molar-refractivity contribution in [2.75, 3.05) is 0 Å². The molecule has 27 heavy (non-hydrogen) atoms. The third-order valence-electron chi connectivity index (χ3n) is 6.64. The molecule has 0 radical (unpaired) electrons. The van der Waals surface area contributed by atoms with Crippen molar-refractivity contribution in [3.8, 4) is 0 Å². The molecule has 156 valence electrons. The zero-order chi connectivity index (χ0) is 20.1. The molecule has 0 aromatic heterocycles. The molecule has 5 nitrogen and oxygen atoms in total. The molecule has 0 unspecified atom stereocenters. The Kier molecular flexibility index (Phi) is 7.99. The van der Waals surface area contributed by atoms with Crippen LogP contribution in [-0.2, 0) is 9.47 Å². The van der Waals surface area contributed by atoms with Crippen molar-refractivity contribution in [3.63, 3.8) is 0 Å². The summed E-state index contributed by atoms with van der Waals surface area (Å²) in [4.78, 5) is 24.6. The minimum Gasteiger partial charge on any atom is -0.446 e. The summed E-state index contributed by atoms with van der Waals surface area (Å²) in [5, 5.41) is 2.30. The Morgan fingerprint density at radius 3 is 1.44 bits per heavy atom. The molecule has 2 amide bonds. The maximum absolute atomic E-state index is 12.3. The number of alkyl carbamates (subject to hydrolysis) is 2. The second kappa shape index (κ2) is 9.79. The van der Waals surface area contributed by atoms with Gasteiger partial charge < -0.3 is 9.47 Å². The summed E-state index contributed by atoms with van der Waals surface area (Å²) in [7, 11) is 0. The van der Waals surface area contributed by atoms with E-state index in [4.69, 9.17) is 9.47 Å². The molecule has 2 saturated carbocycles. The number of imide groups is 1. The van der Waals surface area contributed by atoms with Crippen LogP contribution in [-0.4, -0.2) is 24.4 Å². The lowest BCUT2D eigenvalue weighted by atomic mass is 9.75. The lowest BCUT2D eigenvalue weighted by Gasteiger charge is -2.37. The molecule has 2 aliphatic carbocycles. The minimum atomic E-state index is -0.672. The first-order chi connectivity index (χ1) is 12.7. The molecular formula is C22H39NO4. The fourth-order valence-corrected chi connectivity index (χ4v) is 4.92. The third-order valence-corrected chi connectivity index (χ3v) is 6.64. The minimum absolute atomic E-state index is 0.125. The Morgan fingerprint density at radius 1 is 0.741 bits per heavy atom. The topological polar surface area (TPSA) is 64.6 Å². The van der Waals surface area contributed by atoms with E-state index in [1.54, 1.807) is 0 Å². The van der Waals surface area contributed by atoms with Crippen LogP contribution in [0.3, 0.4) is 0 Å². The number of ether oxygens (including phenoxy) is 2. The van der Waals surface area contributed by atoms with Gasteiger partial charge in [0.15, 0.2) is 0 Å². The largest absolute Gasteiger partial charge is 0.446 e.